The molecule has 170 valence electrons. The van der Waals surface area contributed by atoms with Gasteiger partial charge in [-0.15, -0.1) is 10.2 Å². The number of amides is 2. The highest BCUT2D eigenvalue weighted by atomic mass is 16.2. The zero-order chi connectivity index (χ0) is 25.8. The first kappa shape index (κ1) is 17.5. The summed E-state index contributed by atoms with van der Waals surface area (Å²) in [7, 11) is 1.93. The van der Waals surface area contributed by atoms with Crippen LogP contribution >= 0.6 is 0 Å². The number of rotatable bonds is 5. The standard InChI is InChI=1S/C22H25N9O2/c1-11-9-16-12(2)30(4)19-15(31(16)29-11)7-8-24-20(19)25-14-10-17(26-21(32)13-5-6-13)27-28-18(14)22(33)23-3/h7-10,12-13H,5-6H2,1-4H3,(H,23,33)(H2,24,25,26,27,32)/t12-/m1/s1/i3D3. The van der Waals surface area contributed by atoms with Gasteiger partial charge in [0.05, 0.1) is 28.8 Å². The second-order valence-electron chi connectivity index (χ2n) is 8.27. The average Bonchev–Trinajstić information content (AvgIpc) is 3.58. The van der Waals surface area contributed by atoms with E-state index in [0.717, 1.165) is 35.6 Å². The zero-order valence-electron chi connectivity index (χ0n) is 21.4. The minimum absolute atomic E-state index is 0.0225. The van der Waals surface area contributed by atoms with Gasteiger partial charge in [0.2, 0.25) is 5.91 Å². The van der Waals surface area contributed by atoms with Crippen LogP contribution in [0.5, 0.6) is 0 Å². The second-order valence-corrected chi connectivity index (χ2v) is 8.27. The smallest absolute Gasteiger partial charge is 0.273 e. The lowest BCUT2D eigenvalue weighted by Crippen LogP contribution is -2.30. The Morgan fingerprint density at radius 1 is 1.24 bits per heavy atom. The van der Waals surface area contributed by atoms with E-state index in [1.807, 2.05) is 47.9 Å². The molecule has 33 heavy (non-hydrogen) atoms. The molecule has 2 amide bonds. The molecule has 4 heterocycles. The predicted octanol–water partition coefficient (Wildman–Crippen LogP) is 2.33. The Kier molecular flexibility index (Phi) is 4.16. The predicted molar refractivity (Wildman–Crippen MR) is 123 cm³/mol. The van der Waals surface area contributed by atoms with E-state index in [2.05, 4.69) is 30.9 Å². The molecular formula is C22H25N9O2. The molecule has 11 nitrogen and oxygen atoms in total. The molecule has 0 saturated heterocycles. The fraction of sp³-hybridized carbons (Fsp3) is 0.364. The summed E-state index contributed by atoms with van der Waals surface area (Å²) >= 11 is 0. The highest BCUT2D eigenvalue weighted by Gasteiger charge is 2.32. The summed E-state index contributed by atoms with van der Waals surface area (Å²) in [5, 5.41) is 20.2. The van der Waals surface area contributed by atoms with Gasteiger partial charge in [-0.1, -0.05) is 0 Å². The first-order chi connectivity index (χ1) is 17.0. The topological polar surface area (TPSA) is 130 Å². The number of carbonyl (C=O) groups excluding carboxylic acids is 2. The number of aromatic nitrogens is 5. The molecule has 5 rings (SSSR count). The average molecular weight is 451 g/mol. The fourth-order valence-corrected chi connectivity index (χ4v) is 3.93. The zero-order valence-corrected chi connectivity index (χ0v) is 18.4. The maximum Gasteiger partial charge on any atom is 0.273 e. The minimum atomic E-state index is -2.72. The van der Waals surface area contributed by atoms with E-state index < -0.39 is 12.9 Å². The van der Waals surface area contributed by atoms with Crippen molar-refractivity contribution in [2.45, 2.75) is 32.7 Å². The van der Waals surface area contributed by atoms with Gasteiger partial charge in [-0.25, -0.2) is 9.67 Å². The summed E-state index contributed by atoms with van der Waals surface area (Å²) in [5.41, 5.74) is 3.30. The number of nitrogens with zero attached hydrogens (tertiary/aromatic N) is 6. The second kappa shape index (κ2) is 7.84. The first-order valence-electron chi connectivity index (χ1n) is 12.1. The molecule has 11 heteroatoms. The van der Waals surface area contributed by atoms with Crippen molar-refractivity contribution in [3.8, 4) is 5.69 Å². The summed E-state index contributed by atoms with van der Waals surface area (Å²) in [6.45, 7) is 1.25. The van der Waals surface area contributed by atoms with Crippen molar-refractivity contribution in [3.63, 3.8) is 0 Å². The van der Waals surface area contributed by atoms with E-state index in [1.165, 1.54) is 6.07 Å². The van der Waals surface area contributed by atoms with Crippen molar-refractivity contribution in [2.24, 2.45) is 5.92 Å². The van der Waals surface area contributed by atoms with Gasteiger partial charge in [-0.05, 0) is 38.8 Å². The molecule has 0 spiro atoms. The maximum absolute atomic E-state index is 12.7. The van der Waals surface area contributed by atoms with Crippen molar-refractivity contribution in [2.75, 3.05) is 29.6 Å². The third-order valence-corrected chi connectivity index (χ3v) is 5.93. The molecular weight excluding hydrogens is 422 g/mol. The number of nitrogens with one attached hydrogen (secondary N) is 3. The third-order valence-electron chi connectivity index (χ3n) is 5.93. The number of anilines is 4. The number of hydrogen-bond acceptors (Lipinski definition) is 8. The number of pyridine rings is 1. The van der Waals surface area contributed by atoms with Crippen LogP contribution in [0.25, 0.3) is 5.69 Å². The Morgan fingerprint density at radius 2 is 2.06 bits per heavy atom. The van der Waals surface area contributed by atoms with Crippen molar-refractivity contribution >= 4 is 34.8 Å². The fourth-order valence-electron chi connectivity index (χ4n) is 3.93. The monoisotopic (exact) mass is 450 g/mol. The number of hydrogen-bond donors (Lipinski definition) is 3. The highest BCUT2D eigenvalue weighted by Crippen LogP contribution is 2.42. The maximum atomic E-state index is 12.7. The van der Waals surface area contributed by atoms with Crippen molar-refractivity contribution < 1.29 is 13.7 Å². The van der Waals surface area contributed by atoms with Crippen LogP contribution in [0.2, 0.25) is 0 Å². The Morgan fingerprint density at radius 3 is 2.82 bits per heavy atom. The van der Waals surface area contributed by atoms with E-state index in [0.29, 0.717) is 5.82 Å². The van der Waals surface area contributed by atoms with Gasteiger partial charge < -0.3 is 20.9 Å². The van der Waals surface area contributed by atoms with Gasteiger partial charge in [-0.3, -0.25) is 9.59 Å². The van der Waals surface area contributed by atoms with Gasteiger partial charge >= 0.3 is 0 Å². The van der Waals surface area contributed by atoms with E-state index in [1.54, 1.807) is 6.20 Å². The number of fused-ring (bicyclic) bond motifs is 3. The summed E-state index contributed by atoms with van der Waals surface area (Å²) in [4.78, 5) is 31.5. The van der Waals surface area contributed by atoms with Crippen LogP contribution in [-0.2, 0) is 4.79 Å². The van der Waals surface area contributed by atoms with Crippen LogP contribution in [0.15, 0.2) is 24.4 Å². The van der Waals surface area contributed by atoms with Crippen LogP contribution in [0, 0.1) is 12.8 Å². The van der Waals surface area contributed by atoms with E-state index in [9.17, 15) is 9.59 Å². The quantitative estimate of drug-likeness (QED) is 0.540. The van der Waals surface area contributed by atoms with Crippen molar-refractivity contribution in [3.05, 3.63) is 41.5 Å². The summed E-state index contributed by atoms with van der Waals surface area (Å²) in [5.74, 6) is -0.652. The van der Waals surface area contributed by atoms with E-state index in [4.69, 9.17) is 4.11 Å². The Labute approximate surface area is 194 Å². The molecule has 0 aromatic carbocycles. The minimum Gasteiger partial charge on any atom is -0.362 e. The molecule has 2 aliphatic rings. The van der Waals surface area contributed by atoms with Gasteiger partial charge in [-0.2, -0.15) is 5.10 Å². The van der Waals surface area contributed by atoms with Crippen LogP contribution in [-0.4, -0.2) is 50.8 Å². The van der Waals surface area contributed by atoms with Crippen LogP contribution in [0.3, 0.4) is 0 Å². The van der Waals surface area contributed by atoms with E-state index in [-0.39, 0.29) is 35.1 Å². The van der Waals surface area contributed by atoms with Crippen LogP contribution in [0.4, 0.5) is 23.0 Å². The van der Waals surface area contributed by atoms with Gasteiger partial charge in [0.1, 0.15) is 5.69 Å². The lowest BCUT2D eigenvalue weighted by atomic mass is 10.1. The number of aryl methyl sites for hydroxylation is 1. The molecule has 1 fully saturated rings. The molecule has 1 aliphatic heterocycles. The summed E-state index contributed by atoms with van der Waals surface area (Å²) < 4.78 is 24.0. The molecule has 3 N–H and O–H groups in total. The molecule has 0 bridgehead atoms. The molecule has 1 aliphatic carbocycles. The van der Waals surface area contributed by atoms with Gasteiger partial charge in [0, 0.05) is 36.3 Å². The van der Waals surface area contributed by atoms with E-state index >= 15 is 0 Å². The molecule has 3 aromatic heterocycles. The van der Waals surface area contributed by atoms with Crippen molar-refractivity contribution in [1.82, 2.24) is 30.3 Å². The van der Waals surface area contributed by atoms with Gasteiger partial charge in [0.15, 0.2) is 17.3 Å². The first-order valence-corrected chi connectivity index (χ1v) is 10.6. The Hall–Kier alpha value is -4.02. The van der Waals surface area contributed by atoms with Crippen LogP contribution < -0.4 is 20.9 Å². The largest absolute Gasteiger partial charge is 0.362 e. The Balaban J connectivity index is 1.56. The molecule has 3 aromatic rings. The molecule has 1 atom stereocenters. The van der Waals surface area contributed by atoms with Crippen LogP contribution in [0.1, 0.15) is 51.8 Å². The molecule has 0 radical (unpaired) electrons. The molecule has 0 unspecified atom stereocenters. The third kappa shape index (κ3) is 3.65. The number of carbonyl (C=O) groups is 2. The lowest BCUT2D eigenvalue weighted by Gasteiger charge is -2.35. The summed E-state index contributed by atoms with van der Waals surface area (Å²) in [6.07, 6.45) is 3.23. The highest BCUT2D eigenvalue weighted by molar-refractivity contribution is 6.00. The van der Waals surface area contributed by atoms with Gasteiger partial charge in [0.25, 0.3) is 5.91 Å². The summed E-state index contributed by atoms with van der Waals surface area (Å²) in [6, 6.07) is 5.29. The SMILES string of the molecule is [2H]C([2H])([2H])NC(=O)c1nnc(NC(=O)C2CC2)cc1Nc1nccc2c1N(C)[C@H](C)c1cc(C)nn1-2. The lowest BCUT2D eigenvalue weighted by molar-refractivity contribution is -0.117. The Bertz CT molecular complexity index is 1370. The normalized spacial score (nSPS) is 18.3. The van der Waals surface area contributed by atoms with Crippen molar-refractivity contribution in [1.29, 1.82) is 0 Å². The molecule has 1 saturated carbocycles.